The molecule has 0 aliphatic heterocycles. The fraction of sp³-hybridized carbons (Fsp3) is 0.462. The number of benzene rings is 1. The average Bonchev–Trinajstić information content (AvgIpc) is 2.29. The minimum Gasteiger partial charge on any atom is -0.349 e. The number of nitrogens with one attached hydrogen (secondary N) is 1. The molecule has 5 heteroatoms. The van der Waals surface area contributed by atoms with E-state index in [4.69, 9.17) is 5.73 Å². The van der Waals surface area contributed by atoms with Gasteiger partial charge in [0.1, 0.15) is 5.82 Å². The molecule has 1 amide bonds. The van der Waals surface area contributed by atoms with E-state index in [0.29, 0.717) is 5.75 Å². The van der Waals surface area contributed by atoms with Gasteiger partial charge in [0.25, 0.3) is 0 Å². The molecule has 2 atom stereocenters. The van der Waals surface area contributed by atoms with Crippen LogP contribution in [0.2, 0.25) is 0 Å². The van der Waals surface area contributed by atoms with Gasteiger partial charge >= 0.3 is 0 Å². The van der Waals surface area contributed by atoms with Crippen molar-refractivity contribution in [2.24, 2.45) is 5.73 Å². The van der Waals surface area contributed by atoms with E-state index in [9.17, 15) is 9.18 Å². The molecule has 0 radical (unpaired) electrons. The van der Waals surface area contributed by atoms with Crippen molar-refractivity contribution in [1.29, 1.82) is 0 Å². The fourth-order valence-electron chi connectivity index (χ4n) is 1.46. The summed E-state index contributed by atoms with van der Waals surface area (Å²) in [7, 11) is 0. The van der Waals surface area contributed by atoms with E-state index < -0.39 is 0 Å². The van der Waals surface area contributed by atoms with Gasteiger partial charge < -0.3 is 11.1 Å². The quantitative estimate of drug-likeness (QED) is 0.832. The van der Waals surface area contributed by atoms with Gasteiger partial charge in [-0.25, -0.2) is 4.39 Å². The van der Waals surface area contributed by atoms with Crippen molar-refractivity contribution in [3.05, 3.63) is 35.6 Å². The summed E-state index contributed by atoms with van der Waals surface area (Å²) in [6, 6.07) is 6.11. The SMILES string of the molecule is CC(N)CSCC(=O)NC(C)c1ccc(F)cc1. The van der Waals surface area contributed by atoms with Crippen LogP contribution in [0.4, 0.5) is 4.39 Å². The van der Waals surface area contributed by atoms with Crippen LogP contribution in [0, 0.1) is 5.82 Å². The summed E-state index contributed by atoms with van der Waals surface area (Å²) in [6.45, 7) is 3.79. The first-order valence-corrected chi connectivity index (χ1v) is 7.02. The van der Waals surface area contributed by atoms with Gasteiger partial charge in [0, 0.05) is 11.8 Å². The van der Waals surface area contributed by atoms with Crippen LogP contribution in [0.1, 0.15) is 25.5 Å². The molecular formula is C13H19FN2OS. The van der Waals surface area contributed by atoms with Gasteiger partial charge in [-0.2, -0.15) is 11.8 Å². The van der Waals surface area contributed by atoms with Crippen molar-refractivity contribution < 1.29 is 9.18 Å². The van der Waals surface area contributed by atoms with Crippen LogP contribution in [0.15, 0.2) is 24.3 Å². The maximum Gasteiger partial charge on any atom is 0.230 e. The molecule has 0 spiro atoms. The number of rotatable bonds is 6. The summed E-state index contributed by atoms with van der Waals surface area (Å²) in [5.41, 5.74) is 6.49. The lowest BCUT2D eigenvalue weighted by molar-refractivity contribution is -0.119. The average molecular weight is 270 g/mol. The van der Waals surface area contributed by atoms with E-state index in [2.05, 4.69) is 5.32 Å². The van der Waals surface area contributed by atoms with Crippen molar-refractivity contribution in [3.63, 3.8) is 0 Å². The van der Waals surface area contributed by atoms with Gasteiger partial charge in [0.05, 0.1) is 11.8 Å². The van der Waals surface area contributed by atoms with Crippen LogP contribution in [0.5, 0.6) is 0 Å². The summed E-state index contributed by atoms with van der Waals surface area (Å²) < 4.78 is 12.8. The lowest BCUT2D eigenvalue weighted by atomic mass is 10.1. The topological polar surface area (TPSA) is 55.1 Å². The summed E-state index contributed by atoms with van der Waals surface area (Å²) in [5.74, 6) is 0.855. The second kappa shape index (κ2) is 7.38. The number of thioether (sulfide) groups is 1. The third-order valence-electron chi connectivity index (χ3n) is 2.36. The van der Waals surface area contributed by atoms with Crippen LogP contribution >= 0.6 is 11.8 Å². The number of hydrogen-bond donors (Lipinski definition) is 2. The molecule has 0 aliphatic rings. The maximum atomic E-state index is 12.8. The molecule has 0 saturated heterocycles. The third-order valence-corrected chi connectivity index (χ3v) is 3.59. The first kappa shape index (κ1) is 15.0. The molecule has 2 unspecified atom stereocenters. The highest BCUT2D eigenvalue weighted by Crippen LogP contribution is 2.13. The second-order valence-electron chi connectivity index (χ2n) is 4.33. The van der Waals surface area contributed by atoms with E-state index in [1.54, 1.807) is 12.1 Å². The highest BCUT2D eigenvalue weighted by molar-refractivity contribution is 7.99. The molecule has 0 heterocycles. The van der Waals surface area contributed by atoms with E-state index in [1.165, 1.54) is 23.9 Å². The summed E-state index contributed by atoms with van der Waals surface area (Å²) in [6.07, 6.45) is 0. The first-order valence-electron chi connectivity index (χ1n) is 5.87. The zero-order valence-corrected chi connectivity index (χ0v) is 11.5. The summed E-state index contributed by atoms with van der Waals surface area (Å²) >= 11 is 1.51. The van der Waals surface area contributed by atoms with Gasteiger partial charge in [-0.1, -0.05) is 12.1 Å². The zero-order valence-electron chi connectivity index (χ0n) is 10.7. The molecule has 0 fully saturated rings. The Balaban J connectivity index is 2.37. The largest absolute Gasteiger partial charge is 0.349 e. The Morgan fingerprint density at radius 2 is 2.00 bits per heavy atom. The van der Waals surface area contributed by atoms with Gasteiger partial charge in [0.2, 0.25) is 5.91 Å². The lowest BCUT2D eigenvalue weighted by Gasteiger charge is -2.14. The molecule has 18 heavy (non-hydrogen) atoms. The van der Waals surface area contributed by atoms with Crippen molar-refractivity contribution in [3.8, 4) is 0 Å². The highest BCUT2D eigenvalue weighted by Gasteiger charge is 2.09. The summed E-state index contributed by atoms with van der Waals surface area (Å²) in [4.78, 5) is 11.6. The minimum absolute atomic E-state index is 0.0301. The van der Waals surface area contributed by atoms with Gasteiger partial charge in [-0.15, -0.1) is 0 Å². The Kier molecular flexibility index (Phi) is 6.15. The van der Waals surface area contributed by atoms with E-state index in [-0.39, 0.29) is 23.8 Å². The number of halogens is 1. The molecule has 0 bridgehead atoms. The fourth-order valence-corrected chi connectivity index (χ4v) is 2.21. The van der Waals surface area contributed by atoms with Crippen LogP contribution in [-0.4, -0.2) is 23.5 Å². The highest BCUT2D eigenvalue weighted by atomic mass is 32.2. The Morgan fingerprint density at radius 3 is 2.56 bits per heavy atom. The second-order valence-corrected chi connectivity index (χ2v) is 5.36. The Bertz CT molecular complexity index is 381. The smallest absolute Gasteiger partial charge is 0.230 e. The Labute approximate surface area is 111 Å². The summed E-state index contributed by atoms with van der Waals surface area (Å²) in [5, 5.41) is 2.87. The molecule has 100 valence electrons. The van der Waals surface area contributed by atoms with Crippen molar-refractivity contribution >= 4 is 17.7 Å². The van der Waals surface area contributed by atoms with E-state index in [0.717, 1.165) is 11.3 Å². The van der Waals surface area contributed by atoms with Gasteiger partial charge in [0.15, 0.2) is 0 Å². The van der Waals surface area contributed by atoms with Gasteiger partial charge in [-0.3, -0.25) is 4.79 Å². The molecule has 1 rings (SSSR count). The third kappa shape index (κ3) is 5.51. The standard InChI is InChI=1S/C13H19FN2OS/c1-9(15)7-18-8-13(17)16-10(2)11-3-5-12(14)6-4-11/h3-6,9-10H,7-8,15H2,1-2H3,(H,16,17). The van der Waals surface area contributed by atoms with Crippen LogP contribution < -0.4 is 11.1 Å². The van der Waals surface area contributed by atoms with Crippen molar-refractivity contribution in [2.75, 3.05) is 11.5 Å². The normalized spacial score (nSPS) is 14.0. The Hall–Kier alpha value is -1.07. The number of carbonyl (C=O) groups is 1. The van der Waals surface area contributed by atoms with E-state index >= 15 is 0 Å². The molecule has 1 aromatic carbocycles. The van der Waals surface area contributed by atoms with Crippen LogP contribution in [0.25, 0.3) is 0 Å². The van der Waals surface area contributed by atoms with Crippen molar-refractivity contribution in [2.45, 2.75) is 25.9 Å². The van der Waals surface area contributed by atoms with Crippen molar-refractivity contribution in [1.82, 2.24) is 5.32 Å². The monoisotopic (exact) mass is 270 g/mol. The predicted molar refractivity (Wildman–Crippen MR) is 73.9 cm³/mol. The predicted octanol–water partition coefficient (Wildman–Crippen LogP) is 2.08. The molecule has 0 aliphatic carbocycles. The molecule has 3 N–H and O–H groups in total. The minimum atomic E-state index is -0.273. The number of amides is 1. The molecule has 0 saturated carbocycles. The zero-order chi connectivity index (χ0) is 13.5. The molecular weight excluding hydrogens is 251 g/mol. The van der Waals surface area contributed by atoms with Gasteiger partial charge in [-0.05, 0) is 31.5 Å². The maximum absolute atomic E-state index is 12.8. The molecule has 3 nitrogen and oxygen atoms in total. The van der Waals surface area contributed by atoms with Crippen LogP contribution in [-0.2, 0) is 4.79 Å². The number of nitrogens with two attached hydrogens (primary N) is 1. The molecule has 0 aromatic heterocycles. The molecule has 1 aromatic rings. The number of hydrogen-bond acceptors (Lipinski definition) is 3. The van der Waals surface area contributed by atoms with Crippen LogP contribution in [0.3, 0.4) is 0 Å². The lowest BCUT2D eigenvalue weighted by Crippen LogP contribution is -2.29. The van der Waals surface area contributed by atoms with E-state index in [1.807, 2.05) is 13.8 Å². The Morgan fingerprint density at radius 1 is 1.39 bits per heavy atom. The number of carbonyl (C=O) groups excluding carboxylic acids is 1. The first-order chi connectivity index (χ1) is 8.49.